The number of aromatic nitrogens is 5. The van der Waals surface area contributed by atoms with Crippen molar-refractivity contribution in [3.05, 3.63) is 11.3 Å². The Balaban J connectivity index is 1.86. The molecule has 0 fully saturated rings. The van der Waals surface area contributed by atoms with Crippen molar-refractivity contribution in [3.63, 3.8) is 0 Å². The van der Waals surface area contributed by atoms with Crippen LogP contribution in [0.4, 0.5) is 0 Å². The molecule has 2 heterocycles. The highest BCUT2D eigenvalue weighted by molar-refractivity contribution is 7.13. The van der Waals surface area contributed by atoms with Crippen LogP contribution in [0.2, 0.25) is 0 Å². The summed E-state index contributed by atoms with van der Waals surface area (Å²) >= 11 is 1.39. The van der Waals surface area contributed by atoms with Crippen molar-refractivity contribution >= 4 is 11.3 Å². The maximum Gasteiger partial charge on any atom is 0.342 e. The molecule has 0 amide bonds. The third-order valence-corrected chi connectivity index (χ3v) is 2.84. The second-order valence-corrected chi connectivity index (χ2v) is 5.31. The van der Waals surface area contributed by atoms with Gasteiger partial charge in [0.05, 0.1) is 0 Å². The van der Waals surface area contributed by atoms with Gasteiger partial charge in [-0.2, -0.15) is 4.98 Å². The molecule has 0 bridgehead atoms. The van der Waals surface area contributed by atoms with Gasteiger partial charge in [0.1, 0.15) is 11.3 Å². The van der Waals surface area contributed by atoms with Gasteiger partial charge in [0.25, 0.3) is 0 Å². The van der Waals surface area contributed by atoms with Crippen LogP contribution in [0.5, 0.6) is 11.2 Å². The third-order valence-electron chi connectivity index (χ3n) is 2.03. The summed E-state index contributed by atoms with van der Waals surface area (Å²) in [6.07, 6.45) is 1.57. The summed E-state index contributed by atoms with van der Waals surface area (Å²) in [6.45, 7) is 5.98. The minimum absolute atomic E-state index is 0.287. The molecular formula is C10H16N6OS. The molecule has 0 aliphatic carbocycles. The average Bonchev–Trinajstić information content (AvgIpc) is 2.89. The van der Waals surface area contributed by atoms with Crippen LogP contribution in [0.3, 0.4) is 0 Å². The Morgan fingerprint density at radius 1 is 1.44 bits per heavy atom. The highest BCUT2D eigenvalue weighted by atomic mass is 32.1. The van der Waals surface area contributed by atoms with Gasteiger partial charge in [0.2, 0.25) is 0 Å². The normalized spacial score (nSPS) is 11.1. The zero-order chi connectivity index (χ0) is 13.0. The van der Waals surface area contributed by atoms with E-state index in [9.17, 15) is 0 Å². The molecule has 0 aliphatic rings. The highest BCUT2D eigenvalue weighted by Crippen LogP contribution is 2.21. The van der Waals surface area contributed by atoms with Crippen LogP contribution in [-0.2, 0) is 13.6 Å². The molecule has 8 heteroatoms. The van der Waals surface area contributed by atoms with Crippen LogP contribution in [0.15, 0.2) is 6.33 Å². The summed E-state index contributed by atoms with van der Waals surface area (Å²) in [6, 6.07) is 0.287. The molecule has 0 unspecified atom stereocenters. The monoisotopic (exact) mass is 268 g/mol. The third kappa shape index (κ3) is 3.74. The zero-order valence-electron chi connectivity index (χ0n) is 10.6. The quantitative estimate of drug-likeness (QED) is 0.848. The molecule has 2 aromatic rings. The van der Waals surface area contributed by atoms with E-state index >= 15 is 0 Å². The fourth-order valence-electron chi connectivity index (χ4n) is 1.26. The molecule has 2 rings (SSSR count). The molecular weight excluding hydrogens is 252 g/mol. The van der Waals surface area contributed by atoms with E-state index in [1.165, 1.54) is 11.3 Å². The van der Waals surface area contributed by atoms with E-state index in [1.807, 2.05) is 0 Å². The number of nitrogens with zero attached hydrogens (tertiary/aromatic N) is 5. The van der Waals surface area contributed by atoms with Crippen LogP contribution in [0.25, 0.3) is 0 Å². The average molecular weight is 268 g/mol. The molecule has 98 valence electrons. The standard InChI is InChI=1S/C10H16N6OS/c1-7(2)4-11-5-8-13-14-10(18-8)17-9-12-6-16(3)15-9/h6-7,11H,4-5H2,1-3H3. The molecule has 7 nitrogen and oxygen atoms in total. The highest BCUT2D eigenvalue weighted by Gasteiger charge is 2.08. The van der Waals surface area contributed by atoms with E-state index in [0.717, 1.165) is 11.6 Å². The Kier molecular flexibility index (Phi) is 4.21. The van der Waals surface area contributed by atoms with Crippen molar-refractivity contribution < 1.29 is 4.74 Å². The lowest BCUT2D eigenvalue weighted by Gasteiger charge is -2.03. The first kappa shape index (κ1) is 12.9. The first-order valence-corrected chi connectivity index (χ1v) is 6.51. The Morgan fingerprint density at radius 3 is 2.94 bits per heavy atom. The van der Waals surface area contributed by atoms with Crippen LogP contribution in [0.1, 0.15) is 18.9 Å². The lowest BCUT2D eigenvalue weighted by atomic mass is 10.2. The smallest absolute Gasteiger partial charge is 0.342 e. The molecule has 18 heavy (non-hydrogen) atoms. The van der Waals surface area contributed by atoms with Crippen molar-refractivity contribution in [2.24, 2.45) is 13.0 Å². The SMILES string of the molecule is CC(C)CNCc1nnc(Oc2ncn(C)n2)s1. The topological polar surface area (TPSA) is 77.8 Å². The van der Waals surface area contributed by atoms with Gasteiger partial charge >= 0.3 is 11.2 Å². The fraction of sp³-hybridized carbons (Fsp3) is 0.600. The van der Waals surface area contributed by atoms with Gasteiger partial charge in [-0.15, -0.1) is 10.2 Å². The van der Waals surface area contributed by atoms with E-state index in [4.69, 9.17) is 4.74 Å². The van der Waals surface area contributed by atoms with E-state index in [2.05, 4.69) is 39.4 Å². The number of aryl methyl sites for hydroxylation is 1. The van der Waals surface area contributed by atoms with E-state index in [1.54, 1.807) is 18.1 Å². The first-order chi connectivity index (χ1) is 8.63. The summed E-state index contributed by atoms with van der Waals surface area (Å²) < 4.78 is 6.95. The van der Waals surface area contributed by atoms with Gasteiger partial charge in [-0.1, -0.05) is 30.3 Å². The van der Waals surface area contributed by atoms with E-state index in [-0.39, 0.29) is 6.01 Å². The van der Waals surface area contributed by atoms with E-state index < -0.39 is 0 Å². The predicted octanol–water partition coefficient (Wildman–Crippen LogP) is 1.20. The molecule has 0 saturated carbocycles. The summed E-state index contributed by atoms with van der Waals surface area (Å²) in [4.78, 5) is 3.96. The maximum atomic E-state index is 5.38. The molecule has 0 aromatic carbocycles. The van der Waals surface area contributed by atoms with Crippen molar-refractivity contribution in [2.45, 2.75) is 20.4 Å². The number of nitrogens with one attached hydrogen (secondary N) is 1. The Labute approximate surface area is 109 Å². The van der Waals surface area contributed by atoms with Crippen LogP contribution in [-0.4, -0.2) is 31.5 Å². The number of hydrogen-bond donors (Lipinski definition) is 1. The molecule has 0 saturated heterocycles. The van der Waals surface area contributed by atoms with Gasteiger partial charge in [0.15, 0.2) is 0 Å². The zero-order valence-corrected chi connectivity index (χ0v) is 11.4. The molecule has 0 atom stereocenters. The van der Waals surface area contributed by atoms with Gasteiger partial charge in [-0.05, 0) is 12.5 Å². The Bertz CT molecular complexity index is 494. The summed E-state index contributed by atoms with van der Waals surface area (Å²) in [5, 5.41) is 16.6. The molecule has 0 aliphatic heterocycles. The summed E-state index contributed by atoms with van der Waals surface area (Å²) in [7, 11) is 1.78. The van der Waals surface area contributed by atoms with Crippen molar-refractivity contribution in [1.29, 1.82) is 0 Å². The van der Waals surface area contributed by atoms with Gasteiger partial charge in [0, 0.05) is 13.6 Å². The first-order valence-electron chi connectivity index (χ1n) is 5.70. The van der Waals surface area contributed by atoms with Gasteiger partial charge < -0.3 is 10.1 Å². The Morgan fingerprint density at radius 2 is 2.28 bits per heavy atom. The van der Waals surface area contributed by atoms with Crippen molar-refractivity contribution in [3.8, 4) is 11.2 Å². The molecule has 0 radical (unpaired) electrons. The predicted molar refractivity (Wildman–Crippen MR) is 67.5 cm³/mol. The van der Waals surface area contributed by atoms with Crippen LogP contribution in [0, 0.1) is 5.92 Å². The second-order valence-electron chi connectivity index (χ2n) is 4.29. The maximum absolute atomic E-state index is 5.38. The fourth-order valence-corrected chi connectivity index (χ4v) is 1.92. The van der Waals surface area contributed by atoms with E-state index in [0.29, 0.717) is 17.7 Å². The lowest BCUT2D eigenvalue weighted by molar-refractivity contribution is 0.431. The summed E-state index contributed by atoms with van der Waals surface area (Å²) in [5.41, 5.74) is 0. The van der Waals surface area contributed by atoms with Crippen LogP contribution >= 0.6 is 11.3 Å². The molecule has 0 spiro atoms. The van der Waals surface area contributed by atoms with Crippen LogP contribution < -0.4 is 10.1 Å². The second kappa shape index (κ2) is 5.87. The molecule has 2 aromatic heterocycles. The molecule has 1 N–H and O–H groups in total. The number of rotatable bonds is 6. The van der Waals surface area contributed by atoms with Gasteiger partial charge in [-0.3, -0.25) is 4.68 Å². The largest absolute Gasteiger partial charge is 0.393 e. The minimum atomic E-state index is 0.287. The number of hydrogen-bond acceptors (Lipinski definition) is 7. The van der Waals surface area contributed by atoms with Gasteiger partial charge in [-0.25, -0.2) is 0 Å². The van der Waals surface area contributed by atoms with Crippen molar-refractivity contribution in [2.75, 3.05) is 6.54 Å². The summed E-state index contributed by atoms with van der Waals surface area (Å²) in [5.74, 6) is 0.617. The minimum Gasteiger partial charge on any atom is -0.393 e. The lowest BCUT2D eigenvalue weighted by Crippen LogP contribution is -2.18. The Hall–Kier alpha value is -1.54. The van der Waals surface area contributed by atoms with Crippen molar-refractivity contribution in [1.82, 2.24) is 30.3 Å². The number of ether oxygens (including phenoxy) is 1.